The number of likely N-dealkylation sites (tertiary alicyclic amines) is 1. The predicted octanol–water partition coefficient (Wildman–Crippen LogP) is 3.39. The number of aromatic nitrogens is 1. The van der Waals surface area contributed by atoms with Crippen LogP contribution in [0.2, 0.25) is 0 Å². The van der Waals surface area contributed by atoms with E-state index in [0.717, 1.165) is 25.7 Å². The summed E-state index contributed by atoms with van der Waals surface area (Å²) >= 11 is 0. The van der Waals surface area contributed by atoms with Gasteiger partial charge in [0.2, 0.25) is 0 Å². The van der Waals surface area contributed by atoms with E-state index >= 15 is 0 Å². The van der Waals surface area contributed by atoms with Gasteiger partial charge >= 0.3 is 6.09 Å². The Morgan fingerprint density at radius 3 is 2.68 bits per heavy atom. The average Bonchev–Trinajstić information content (AvgIpc) is 3.36. The zero-order chi connectivity index (χ0) is 21.5. The van der Waals surface area contributed by atoms with Gasteiger partial charge in [-0.3, -0.25) is 10.2 Å². The second kappa shape index (κ2) is 8.18. The molecule has 1 saturated carbocycles. The molecule has 0 spiro atoms. The molecular formula is C21H24F2N4O4. The fourth-order valence-corrected chi connectivity index (χ4v) is 4.36. The molecule has 3 heterocycles. The molecule has 1 aromatic heterocycles. The molecule has 8 nitrogen and oxygen atoms in total. The first-order valence-corrected chi connectivity index (χ1v) is 10.5. The van der Waals surface area contributed by atoms with Crippen molar-refractivity contribution >= 4 is 6.09 Å². The summed E-state index contributed by atoms with van der Waals surface area (Å²) in [6.07, 6.45) is 2.53. The standard InChI is InChI=1S/C21H24F2N4O4/c1-11-9-13(7-8-27(11)20-24-21(28)31-26-20)29-10-14-18(25-30-19(14)12-5-6-12)17-15(22)3-2-4-16(17)23/h2-4,11-13,20,26H,5-10H2,1H3,(H,24,28)/t11-,13-,20?/m1/s1. The molecule has 5 rings (SSSR count). The van der Waals surface area contributed by atoms with Gasteiger partial charge in [0, 0.05) is 24.1 Å². The van der Waals surface area contributed by atoms with E-state index in [1.54, 1.807) is 0 Å². The molecule has 166 valence electrons. The summed E-state index contributed by atoms with van der Waals surface area (Å²) in [5, 5.41) is 6.72. The van der Waals surface area contributed by atoms with Crippen molar-refractivity contribution in [2.45, 2.75) is 63.6 Å². The lowest BCUT2D eigenvalue weighted by atomic mass is 10.00. The first-order valence-electron chi connectivity index (χ1n) is 10.5. The van der Waals surface area contributed by atoms with Gasteiger partial charge in [0.05, 0.1) is 18.3 Å². The molecule has 3 fully saturated rings. The molecule has 0 bridgehead atoms. The van der Waals surface area contributed by atoms with Crippen molar-refractivity contribution in [3.05, 3.63) is 41.2 Å². The van der Waals surface area contributed by atoms with Crippen LogP contribution in [0.4, 0.5) is 13.6 Å². The highest BCUT2D eigenvalue weighted by molar-refractivity contribution is 5.68. The molecule has 3 atom stereocenters. The topological polar surface area (TPSA) is 88.9 Å². The maximum atomic E-state index is 14.4. The molecule has 10 heteroatoms. The number of nitrogens with zero attached hydrogens (tertiary/aromatic N) is 2. The summed E-state index contributed by atoms with van der Waals surface area (Å²) in [5.41, 5.74) is 3.30. The summed E-state index contributed by atoms with van der Waals surface area (Å²) < 4.78 is 40.5. The van der Waals surface area contributed by atoms with Gasteiger partial charge < -0.3 is 14.1 Å². The van der Waals surface area contributed by atoms with Crippen LogP contribution in [0.15, 0.2) is 22.7 Å². The highest BCUT2D eigenvalue weighted by Gasteiger charge is 2.37. The Labute approximate surface area is 177 Å². The lowest BCUT2D eigenvalue weighted by Crippen LogP contribution is -2.56. The minimum Gasteiger partial charge on any atom is -0.373 e. The van der Waals surface area contributed by atoms with Crippen LogP contribution < -0.4 is 10.8 Å². The minimum atomic E-state index is -0.674. The summed E-state index contributed by atoms with van der Waals surface area (Å²) in [7, 11) is 0. The molecule has 2 aliphatic heterocycles. The number of nitrogens with one attached hydrogen (secondary N) is 2. The summed E-state index contributed by atoms with van der Waals surface area (Å²) in [6, 6.07) is 3.89. The molecule has 1 unspecified atom stereocenters. The molecule has 2 N–H and O–H groups in total. The van der Waals surface area contributed by atoms with Crippen LogP contribution >= 0.6 is 0 Å². The van der Waals surface area contributed by atoms with E-state index in [2.05, 4.69) is 27.8 Å². The Balaban J connectivity index is 1.30. The zero-order valence-corrected chi connectivity index (χ0v) is 17.1. The van der Waals surface area contributed by atoms with Gasteiger partial charge in [-0.15, -0.1) is 5.48 Å². The molecule has 2 aromatic rings. The molecule has 31 heavy (non-hydrogen) atoms. The van der Waals surface area contributed by atoms with Crippen molar-refractivity contribution in [3.8, 4) is 11.3 Å². The van der Waals surface area contributed by atoms with Gasteiger partial charge in [0.15, 0.2) is 6.29 Å². The van der Waals surface area contributed by atoms with Gasteiger partial charge in [-0.2, -0.15) is 0 Å². The van der Waals surface area contributed by atoms with E-state index in [1.807, 2.05) is 0 Å². The predicted molar refractivity (Wildman–Crippen MR) is 104 cm³/mol. The van der Waals surface area contributed by atoms with Crippen LogP contribution in [0.5, 0.6) is 0 Å². The molecule has 0 radical (unpaired) electrons. The van der Waals surface area contributed by atoms with E-state index in [0.29, 0.717) is 17.9 Å². The van der Waals surface area contributed by atoms with E-state index in [9.17, 15) is 13.6 Å². The van der Waals surface area contributed by atoms with Gasteiger partial charge in [-0.1, -0.05) is 11.2 Å². The smallest absolute Gasteiger partial charge is 0.373 e. The number of carbonyl (C=O) groups excluding carboxylic acids is 1. The normalized spacial score (nSPS) is 26.7. The van der Waals surface area contributed by atoms with Crippen molar-refractivity contribution < 1.29 is 27.7 Å². The summed E-state index contributed by atoms with van der Waals surface area (Å²) in [5.74, 6) is -0.454. The Morgan fingerprint density at radius 2 is 2.03 bits per heavy atom. The third-order valence-electron chi connectivity index (χ3n) is 6.16. The summed E-state index contributed by atoms with van der Waals surface area (Å²) in [4.78, 5) is 18.1. The van der Waals surface area contributed by atoms with Crippen molar-refractivity contribution in [2.75, 3.05) is 6.54 Å². The largest absolute Gasteiger partial charge is 0.428 e. The maximum absolute atomic E-state index is 14.4. The van der Waals surface area contributed by atoms with Crippen LogP contribution in [-0.2, 0) is 16.2 Å². The Hall–Kier alpha value is -2.56. The van der Waals surface area contributed by atoms with Crippen molar-refractivity contribution in [2.24, 2.45) is 0 Å². The lowest BCUT2D eigenvalue weighted by Gasteiger charge is -2.39. The third kappa shape index (κ3) is 4.02. The van der Waals surface area contributed by atoms with Gasteiger partial charge in [0.25, 0.3) is 0 Å². The van der Waals surface area contributed by atoms with Crippen molar-refractivity contribution in [3.63, 3.8) is 0 Å². The number of piperidine rings is 1. The number of hydroxylamine groups is 1. The van der Waals surface area contributed by atoms with Crippen molar-refractivity contribution in [1.29, 1.82) is 0 Å². The van der Waals surface area contributed by atoms with E-state index in [-0.39, 0.29) is 42.2 Å². The minimum absolute atomic E-state index is 0.0375. The average molecular weight is 434 g/mol. The fraction of sp³-hybridized carbons (Fsp3) is 0.524. The van der Waals surface area contributed by atoms with E-state index in [4.69, 9.17) is 14.1 Å². The van der Waals surface area contributed by atoms with E-state index < -0.39 is 17.7 Å². The quantitative estimate of drug-likeness (QED) is 0.720. The van der Waals surface area contributed by atoms with Crippen LogP contribution in [0, 0.1) is 11.6 Å². The SMILES string of the molecule is C[C@@H]1C[C@H](OCc2c(-c3c(F)cccc3F)noc2C2CC2)CCN1C1NOC(=O)N1. The Kier molecular flexibility index (Phi) is 5.37. The van der Waals surface area contributed by atoms with Crippen LogP contribution in [0.3, 0.4) is 0 Å². The number of hydrogen-bond acceptors (Lipinski definition) is 7. The first kappa shape index (κ1) is 20.3. The number of carbonyl (C=O) groups is 1. The van der Waals surface area contributed by atoms with Crippen molar-refractivity contribution in [1.82, 2.24) is 20.9 Å². The Bertz CT molecular complexity index is 960. The lowest BCUT2D eigenvalue weighted by molar-refractivity contribution is -0.0475. The van der Waals surface area contributed by atoms with Crippen LogP contribution in [0.1, 0.15) is 49.8 Å². The monoisotopic (exact) mass is 434 g/mol. The second-order valence-electron chi connectivity index (χ2n) is 8.34. The highest BCUT2D eigenvalue weighted by Crippen LogP contribution is 2.45. The number of rotatable bonds is 6. The maximum Gasteiger partial charge on any atom is 0.428 e. The molecule has 1 aromatic carbocycles. The number of benzene rings is 1. The van der Waals surface area contributed by atoms with Gasteiger partial charge in [-0.05, 0) is 44.7 Å². The number of ether oxygens (including phenoxy) is 1. The number of halogens is 2. The second-order valence-corrected chi connectivity index (χ2v) is 8.34. The number of hydrogen-bond donors (Lipinski definition) is 2. The fourth-order valence-electron chi connectivity index (χ4n) is 4.36. The molecular weight excluding hydrogens is 410 g/mol. The van der Waals surface area contributed by atoms with Crippen LogP contribution in [0.25, 0.3) is 11.3 Å². The number of amides is 1. The van der Waals surface area contributed by atoms with Gasteiger partial charge in [-0.25, -0.2) is 13.6 Å². The van der Waals surface area contributed by atoms with Crippen LogP contribution in [-0.4, -0.2) is 41.1 Å². The molecule has 2 saturated heterocycles. The summed E-state index contributed by atoms with van der Waals surface area (Å²) in [6.45, 7) is 2.93. The highest BCUT2D eigenvalue weighted by atomic mass is 19.1. The first-order chi connectivity index (χ1) is 15.0. The third-order valence-corrected chi connectivity index (χ3v) is 6.16. The molecule has 3 aliphatic rings. The van der Waals surface area contributed by atoms with Gasteiger partial charge in [0.1, 0.15) is 23.1 Å². The molecule has 1 aliphatic carbocycles. The zero-order valence-electron chi connectivity index (χ0n) is 17.1. The van der Waals surface area contributed by atoms with E-state index in [1.165, 1.54) is 18.2 Å². The molecule has 1 amide bonds. The Morgan fingerprint density at radius 1 is 1.26 bits per heavy atom.